The second-order valence-electron chi connectivity index (χ2n) is 7.70. The summed E-state index contributed by atoms with van der Waals surface area (Å²) in [5, 5.41) is 3.16. The topological polar surface area (TPSA) is 61.4 Å². The third-order valence-corrected chi connectivity index (χ3v) is 5.85. The molecule has 1 saturated heterocycles. The molecular formula is C22H29N5O. The number of nitrogens with zero attached hydrogens (tertiary/aromatic N) is 4. The van der Waals surface area contributed by atoms with Crippen LogP contribution in [0.25, 0.3) is 0 Å². The van der Waals surface area contributed by atoms with E-state index in [0.29, 0.717) is 6.54 Å². The van der Waals surface area contributed by atoms with E-state index in [2.05, 4.69) is 37.2 Å². The molecule has 1 aliphatic heterocycles. The molecule has 0 radical (unpaired) electrons. The predicted octanol–water partition coefficient (Wildman–Crippen LogP) is 3.00. The van der Waals surface area contributed by atoms with Crippen molar-refractivity contribution in [2.75, 3.05) is 36.0 Å². The lowest BCUT2D eigenvalue weighted by molar-refractivity contribution is -0.126. The number of carbonyl (C=O) groups is 1. The molecule has 2 aromatic heterocycles. The van der Waals surface area contributed by atoms with Crippen molar-refractivity contribution in [3.63, 3.8) is 0 Å². The van der Waals surface area contributed by atoms with E-state index < -0.39 is 0 Å². The Morgan fingerprint density at radius 2 is 1.68 bits per heavy atom. The molecule has 6 heteroatoms. The first kappa shape index (κ1) is 18.7. The van der Waals surface area contributed by atoms with E-state index in [4.69, 9.17) is 0 Å². The minimum atomic E-state index is 0.191. The van der Waals surface area contributed by atoms with Gasteiger partial charge >= 0.3 is 0 Å². The number of hydrogen-bond acceptors (Lipinski definition) is 5. The fourth-order valence-corrected chi connectivity index (χ4v) is 4.23. The van der Waals surface area contributed by atoms with Gasteiger partial charge in [0, 0.05) is 56.6 Å². The van der Waals surface area contributed by atoms with Crippen LogP contribution in [0.4, 0.5) is 11.6 Å². The van der Waals surface area contributed by atoms with Crippen LogP contribution >= 0.6 is 0 Å². The Morgan fingerprint density at radius 3 is 2.43 bits per heavy atom. The molecule has 2 aliphatic rings. The number of anilines is 2. The van der Waals surface area contributed by atoms with Crippen LogP contribution in [0.1, 0.15) is 37.7 Å². The molecule has 1 aliphatic carbocycles. The zero-order chi connectivity index (χ0) is 19.2. The summed E-state index contributed by atoms with van der Waals surface area (Å²) >= 11 is 0. The summed E-state index contributed by atoms with van der Waals surface area (Å²) in [7, 11) is 0. The van der Waals surface area contributed by atoms with Crippen molar-refractivity contribution < 1.29 is 4.79 Å². The van der Waals surface area contributed by atoms with Crippen LogP contribution in [-0.4, -0.2) is 42.1 Å². The van der Waals surface area contributed by atoms with Crippen LogP contribution in [0.15, 0.2) is 42.7 Å². The van der Waals surface area contributed by atoms with Gasteiger partial charge < -0.3 is 15.1 Å². The minimum Gasteiger partial charge on any atom is -0.353 e. The van der Waals surface area contributed by atoms with Gasteiger partial charge in [-0.1, -0.05) is 31.4 Å². The van der Waals surface area contributed by atoms with E-state index in [1.165, 1.54) is 19.3 Å². The van der Waals surface area contributed by atoms with Crippen LogP contribution in [0.2, 0.25) is 0 Å². The molecule has 28 heavy (non-hydrogen) atoms. The molecule has 0 spiro atoms. The smallest absolute Gasteiger partial charge is 0.223 e. The minimum absolute atomic E-state index is 0.191. The van der Waals surface area contributed by atoms with Gasteiger partial charge in [0.2, 0.25) is 5.91 Å². The molecule has 1 amide bonds. The summed E-state index contributed by atoms with van der Waals surface area (Å²) in [6, 6.07) is 10.1. The zero-order valence-corrected chi connectivity index (χ0v) is 16.4. The standard InChI is InChI=1S/C22H29N5O/c28-22(18-7-2-1-3-8-18)25-17-19-9-6-12-24-21(19)27-15-13-26(14-16-27)20-10-4-5-11-23-20/h4-6,9-12,18H,1-3,7-8,13-17H2,(H,25,28). The van der Waals surface area contributed by atoms with Gasteiger partial charge in [-0.3, -0.25) is 4.79 Å². The van der Waals surface area contributed by atoms with E-state index in [-0.39, 0.29) is 11.8 Å². The highest BCUT2D eigenvalue weighted by atomic mass is 16.1. The Labute approximate surface area is 167 Å². The normalized spacial score (nSPS) is 18.1. The zero-order valence-electron chi connectivity index (χ0n) is 16.4. The summed E-state index contributed by atoms with van der Waals surface area (Å²) in [5.41, 5.74) is 1.10. The number of carbonyl (C=O) groups excluding carboxylic acids is 1. The van der Waals surface area contributed by atoms with Gasteiger partial charge in [-0.05, 0) is 31.0 Å². The summed E-state index contributed by atoms with van der Waals surface area (Å²) < 4.78 is 0. The highest BCUT2D eigenvalue weighted by Crippen LogP contribution is 2.24. The molecule has 2 aromatic rings. The number of amides is 1. The molecular weight excluding hydrogens is 350 g/mol. The number of nitrogens with one attached hydrogen (secondary N) is 1. The van der Waals surface area contributed by atoms with E-state index in [0.717, 1.165) is 56.2 Å². The maximum atomic E-state index is 12.5. The first-order chi connectivity index (χ1) is 13.8. The van der Waals surface area contributed by atoms with Crippen LogP contribution in [0.3, 0.4) is 0 Å². The first-order valence-electron chi connectivity index (χ1n) is 10.4. The largest absolute Gasteiger partial charge is 0.353 e. The van der Waals surface area contributed by atoms with E-state index in [9.17, 15) is 4.79 Å². The Kier molecular flexibility index (Phi) is 6.04. The average Bonchev–Trinajstić information content (AvgIpc) is 2.79. The van der Waals surface area contributed by atoms with Crippen molar-refractivity contribution in [2.24, 2.45) is 5.92 Å². The molecule has 148 valence electrons. The highest BCUT2D eigenvalue weighted by molar-refractivity contribution is 5.78. The summed E-state index contributed by atoms with van der Waals surface area (Å²) in [5.74, 6) is 2.42. The van der Waals surface area contributed by atoms with Gasteiger partial charge in [0.1, 0.15) is 11.6 Å². The van der Waals surface area contributed by atoms with Crippen molar-refractivity contribution in [3.05, 3.63) is 48.3 Å². The molecule has 0 bridgehead atoms. The third kappa shape index (κ3) is 4.43. The molecule has 0 aromatic carbocycles. The van der Waals surface area contributed by atoms with Crippen LogP contribution in [-0.2, 0) is 11.3 Å². The lowest BCUT2D eigenvalue weighted by Crippen LogP contribution is -2.47. The first-order valence-corrected chi connectivity index (χ1v) is 10.4. The molecule has 0 unspecified atom stereocenters. The number of hydrogen-bond donors (Lipinski definition) is 1. The number of rotatable bonds is 5. The van der Waals surface area contributed by atoms with Crippen molar-refractivity contribution in [1.29, 1.82) is 0 Å². The van der Waals surface area contributed by atoms with Gasteiger partial charge in [0.05, 0.1) is 0 Å². The fraction of sp³-hybridized carbons (Fsp3) is 0.500. The second-order valence-corrected chi connectivity index (χ2v) is 7.70. The van der Waals surface area contributed by atoms with Crippen LogP contribution < -0.4 is 15.1 Å². The molecule has 1 N–H and O–H groups in total. The molecule has 4 rings (SSSR count). The van der Waals surface area contributed by atoms with Crippen molar-refractivity contribution in [2.45, 2.75) is 38.6 Å². The summed E-state index contributed by atoms with van der Waals surface area (Å²) in [6.07, 6.45) is 9.36. The van der Waals surface area contributed by atoms with Gasteiger partial charge in [-0.2, -0.15) is 0 Å². The van der Waals surface area contributed by atoms with Crippen molar-refractivity contribution in [3.8, 4) is 0 Å². The second kappa shape index (κ2) is 9.04. The number of piperazine rings is 1. The van der Waals surface area contributed by atoms with E-state index in [1.807, 2.05) is 30.6 Å². The third-order valence-electron chi connectivity index (χ3n) is 5.85. The molecule has 2 fully saturated rings. The summed E-state index contributed by atoms with van der Waals surface area (Å²) in [6.45, 7) is 4.19. The molecule has 1 saturated carbocycles. The average molecular weight is 380 g/mol. The monoisotopic (exact) mass is 379 g/mol. The van der Waals surface area contributed by atoms with Gasteiger partial charge in [0.15, 0.2) is 0 Å². The number of pyridine rings is 2. The Hall–Kier alpha value is -2.63. The maximum absolute atomic E-state index is 12.5. The van der Waals surface area contributed by atoms with E-state index in [1.54, 1.807) is 0 Å². The molecule has 6 nitrogen and oxygen atoms in total. The van der Waals surface area contributed by atoms with Crippen molar-refractivity contribution >= 4 is 17.5 Å². The van der Waals surface area contributed by atoms with Crippen LogP contribution in [0, 0.1) is 5.92 Å². The Bertz CT molecular complexity index is 768. The molecule has 3 heterocycles. The lowest BCUT2D eigenvalue weighted by Gasteiger charge is -2.36. The SMILES string of the molecule is O=C(NCc1cccnc1N1CCN(c2ccccn2)CC1)C1CCCCC1. The molecule has 0 atom stereocenters. The van der Waals surface area contributed by atoms with Gasteiger partial charge in [-0.25, -0.2) is 9.97 Å². The predicted molar refractivity (Wildman–Crippen MR) is 111 cm³/mol. The lowest BCUT2D eigenvalue weighted by atomic mass is 9.88. The van der Waals surface area contributed by atoms with Crippen molar-refractivity contribution in [1.82, 2.24) is 15.3 Å². The summed E-state index contributed by atoms with van der Waals surface area (Å²) in [4.78, 5) is 26.2. The Balaban J connectivity index is 1.36. The quantitative estimate of drug-likeness (QED) is 0.865. The Morgan fingerprint density at radius 1 is 0.929 bits per heavy atom. The number of aromatic nitrogens is 2. The van der Waals surface area contributed by atoms with E-state index >= 15 is 0 Å². The highest BCUT2D eigenvalue weighted by Gasteiger charge is 2.23. The van der Waals surface area contributed by atoms with Gasteiger partial charge in [-0.15, -0.1) is 0 Å². The van der Waals surface area contributed by atoms with Crippen LogP contribution in [0.5, 0.6) is 0 Å². The van der Waals surface area contributed by atoms with Gasteiger partial charge in [0.25, 0.3) is 0 Å². The fourth-order valence-electron chi connectivity index (χ4n) is 4.23. The maximum Gasteiger partial charge on any atom is 0.223 e.